The molecule has 0 saturated heterocycles. The number of hydrogen-bond acceptors (Lipinski definition) is 3. The fourth-order valence-electron chi connectivity index (χ4n) is 1.17. The van der Waals surface area contributed by atoms with Crippen molar-refractivity contribution >= 4 is 11.6 Å². The molecule has 90 valence electrons. The largest absolute Gasteiger partial charge is 0.379 e. The Hall–Kier alpha value is -0.640. The summed E-state index contributed by atoms with van der Waals surface area (Å²) in [6.45, 7) is 4.68. The van der Waals surface area contributed by atoms with Gasteiger partial charge in [-0.2, -0.15) is 0 Å². The van der Waals surface area contributed by atoms with Crippen LogP contribution < -0.4 is 0 Å². The lowest BCUT2D eigenvalue weighted by Crippen LogP contribution is -2.05. The minimum absolute atomic E-state index is 0.484. The second kappa shape index (κ2) is 8.50. The van der Waals surface area contributed by atoms with Gasteiger partial charge in [-0.25, -0.2) is 4.98 Å². The highest BCUT2D eigenvalue weighted by atomic mass is 35.5. The fraction of sp³-hybridized carbons (Fsp3) is 0.583. The zero-order valence-electron chi connectivity index (χ0n) is 9.62. The molecule has 0 aliphatic rings. The lowest BCUT2D eigenvalue weighted by atomic mass is 10.4. The van der Waals surface area contributed by atoms with Crippen LogP contribution in [0, 0.1) is 0 Å². The highest BCUT2D eigenvalue weighted by molar-refractivity contribution is 6.29. The van der Waals surface area contributed by atoms with Crippen molar-refractivity contribution in [3.63, 3.8) is 0 Å². The summed E-state index contributed by atoms with van der Waals surface area (Å²) in [5, 5.41) is 0.500. The van der Waals surface area contributed by atoms with Crippen LogP contribution in [0.1, 0.15) is 25.5 Å². The van der Waals surface area contributed by atoms with Gasteiger partial charge in [0.1, 0.15) is 5.15 Å². The average Bonchev–Trinajstić information content (AvgIpc) is 2.28. The van der Waals surface area contributed by atoms with Gasteiger partial charge in [0, 0.05) is 6.61 Å². The number of hydrogen-bond donors (Lipinski definition) is 0. The predicted molar refractivity (Wildman–Crippen MR) is 64.6 cm³/mol. The van der Waals surface area contributed by atoms with Crippen molar-refractivity contribution in [1.82, 2.24) is 4.98 Å². The first-order chi connectivity index (χ1) is 7.83. The van der Waals surface area contributed by atoms with Crippen molar-refractivity contribution in [3.8, 4) is 0 Å². The van der Waals surface area contributed by atoms with Crippen LogP contribution in [0.5, 0.6) is 0 Å². The third-order valence-electron chi connectivity index (χ3n) is 2.04. The monoisotopic (exact) mass is 243 g/mol. The molecule has 0 aliphatic carbocycles. The van der Waals surface area contributed by atoms with Gasteiger partial charge in [-0.15, -0.1) is 0 Å². The predicted octanol–water partition coefficient (Wildman–Crippen LogP) is 3.07. The van der Waals surface area contributed by atoms with Crippen molar-refractivity contribution in [3.05, 3.63) is 29.0 Å². The zero-order chi connectivity index (χ0) is 11.6. The molecule has 16 heavy (non-hydrogen) atoms. The minimum atomic E-state index is 0.484. The van der Waals surface area contributed by atoms with E-state index >= 15 is 0 Å². The molecule has 1 rings (SSSR count). The first kappa shape index (κ1) is 13.4. The minimum Gasteiger partial charge on any atom is -0.379 e. The summed E-state index contributed by atoms with van der Waals surface area (Å²) in [6, 6.07) is 5.51. The second-order valence-electron chi connectivity index (χ2n) is 3.47. The number of halogens is 1. The van der Waals surface area contributed by atoms with Crippen molar-refractivity contribution in [2.75, 3.05) is 19.8 Å². The topological polar surface area (TPSA) is 31.4 Å². The number of ether oxygens (including phenoxy) is 2. The quantitative estimate of drug-likeness (QED) is 0.520. The number of aromatic nitrogens is 1. The van der Waals surface area contributed by atoms with Crippen LogP contribution in [-0.4, -0.2) is 24.8 Å². The van der Waals surface area contributed by atoms with Crippen LogP contribution in [0.25, 0.3) is 0 Å². The number of nitrogens with zero attached hydrogens (tertiary/aromatic N) is 1. The molecular weight excluding hydrogens is 226 g/mol. The highest BCUT2D eigenvalue weighted by Crippen LogP contribution is 2.05. The van der Waals surface area contributed by atoms with Gasteiger partial charge in [0.15, 0.2) is 0 Å². The smallest absolute Gasteiger partial charge is 0.129 e. The van der Waals surface area contributed by atoms with Gasteiger partial charge in [0.05, 0.1) is 25.5 Å². The molecule has 0 bridgehead atoms. The molecular formula is C12H18ClNO2. The van der Waals surface area contributed by atoms with Gasteiger partial charge in [-0.1, -0.05) is 31.0 Å². The summed E-state index contributed by atoms with van der Waals surface area (Å²) < 4.78 is 10.8. The van der Waals surface area contributed by atoms with E-state index in [2.05, 4.69) is 11.9 Å². The lowest BCUT2D eigenvalue weighted by Gasteiger charge is -2.05. The summed E-state index contributed by atoms with van der Waals surface area (Å²) in [5.41, 5.74) is 0.848. The van der Waals surface area contributed by atoms with Crippen molar-refractivity contribution in [1.29, 1.82) is 0 Å². The van der Waals surface area contributed by atoms with Gasteiger partial charge in [0.2, 0.25) is 0 Å². The Labute approximate surface area is 102 Å². The molecule has 0 fully saturated rings. The van der Waals surface area contributed by atoms with E-state index in [0.717, 1.165) is 25.1 Å². The van der Waals surface area contributed by atoms with Crippen molar-refractivity contribution in [2.45, 2.75) is 26.4 Å². The third-order valence-corrected chi connectivity index (χ3v) is 2.25. The maximum atomic E-state index is 5.75. The van der Waals surface area contributed by atoms with Crippen LogP contribution in [0.4, 0.5) is 0 Å². The SMILES string of the molecule is CCCCOCCOCc1cccc(Cl)n1. The van der Waals surface area contributed by atoms with E-state index in [0.29, 0.717) is 25.0 Å². The Morgan fingerprint density at radius 1 is 1.19 bits per heavy atom. The number of rotatable bonds is 8. The molecule has 0 spiro atoms. The Kier molecular flexibility index (Phi) is 7.14. The van der Waals surface area contributed by atoms with Crippen LogP contribution in [0.2, 0.25) is 5.15 Å². The molecule has 1 heterocycles. The van der Waals surface area contributed by atoms with Gasteiger partial charge in [-0.3, -0.25) is 0 Å². The Morgan fingerprint density at radius 2 is 2.00 bits per heavy atom. The summed E-state index contributed by atoms with van der Waals surface area (Å²) in [6.07, 6.45) is 2.27. The number of unbranched alkanes of at least 4 members (excludes halogenated alkanes) is 1. The Bertz CT molecular complexity index is 294. The molecule has 0 aromatic carbocycles. The van der Waals surface area contributed by atoms with E-state index in [1.807, 2.05) is 12.1 Å². The molecule has 0 atom stereocenters. The zero-order valence-corrected chi connectivity index (χ0v) is 10.4. The molecule has 0 saturated carbocycles. The lowest BCUT2D eigenvalue weighted by molar-refractivity contribution is 0.0386. The first-order valence-electron chi connectivity index (χ1n) is 5.60. The van der Waals surface area contributed by atoms with E-state index in [-0.39, 0.29) is 0 Å². The van der Waals surface area contributed by atoms with Gasteiger partial charge >= 0.3 is 0 Å². The van der Waals surface area contributed by atoms with Crippen LogP contribution in [-0.2, 0) is 16.1 Å². The fourth-order valence-corrected chi connectivity index (χ4v) is 1.36. The normalized spacial score (nSPS) is 10.6. The third kappa shape index (κ3) is 6.05. The van der Waals surface area contributed by atoms with Gasteiger partial charge in [-0.05, 0) is 18.6 Å². The van der Waals surface area contributed by atoms with Crippen LogP contribution in [0.3, 0.4) is 0 Å². The molecule has 4 heteroatoms. The molecule has 1 aromatic heterocycles. The molecule has 0 radical (unpaired) electrons. The summed E-state index contributed by atoms with van der Waals surface area (Å²) >= 11 is 5.75. The second-order valence-corrected chi connectivity index (χ2v) is 3.86. The number of pyridine rings is 1. The van der Waals surface area contributed by atoms with Crippen LogP contribution in [0.15, 0.2) is 18.2 Å². The van der Waals surface area contributed by atoms with Gasteiger partial charge in [0.25, 0.3) is 0 Å². The Balaban J connectivity index is 2.03. The molecule has 0 N–H and O–H groups in total. The highest BCUT2D eigenvalue weighted by Gasteiger charge is 1.96. The van der Waals surface area contributed by atoms with E-state index in [1.165, 1.54) is 0 Å². The van der Waals surface area contributed by atoms with E-state index < -0.39 is 0 Å². The first-order valence-corrected chi connectivity index (χ1v) is 5.97. The maximum absolute atomic E-state index is 5.75. The summed E-state index contributed by atoms with van der Waals surface area (Å²) in [4.78, 5) is 4.12. The standard InChI is InChI=1S/C12H18ClNO2/c1-2-3-7-15-8-9-16-10-11-5-4-6-12(13)14-11/h4-6H,2-3,7-10H2,1H3. The summed E-state index contributed by atoms with van der Waals surface area (Å²) in [7, 11) is 0. The Morgan fingerprint density at radius 3 is 2.75 bits per heavy atom. The van der Waals surface area contributed by atoms with Gasteiger partial charge < -0.3 is 9.47 Å². The summed E-state index contributed by atoms with van der Waals surface area (Å²) in [5.74, 6) is 0. The molecule has 0 amide bonds. The average molecular weight is 244 g/mol. The van der Waals surface area contributed by atoms with Crippen molar-refractivity contribution in [2.24, 2.45) is 0 Å². The van der Waals surface area contributed by atoms with E-state index in [4.69, 9.17) is 21.1 Å². The molecule has 3 nitrogen and oxygen atoms in total. The van der Waals surface area contributed by atoms with E-state index in [1.54, 1.807) is 6.07 Å². The molecule has 1 aromatic rings. The van der Waals surface area contributed by atoms with Crippen LogP contribution >= 0.6 is 11.6 Å². The van der Waals surface area contributed by atoms with Crippen molar-refractivity contribution < 1.29 is 9.47 Å². The molecule has 0 unspecified atom stereocenters. The maximum Gasteiger partial charge on any atom is 0.129 e. The van der Waals surface area contributed by atoms with E-state index in [9.17, 15) is 0 Å². The molecule has 0 aliphatic heterocycles.